The highest BCUT2D eigenvalue weighted by Gasteiger charge is 2.03. The van der Waals surface area contributed by atoms with E-state index in [0.29, 0.717) is 5.69 Å². The SMILES string of the molecule is COc1ccc(/C=C/NC(=O)Nc2ccc(F)c(Cl)c2)cc1. The van der Waals surface area contributed by atoms with Gasteiger partial charge in [-0.2, -0.15) is 0 Å². The zero-order valence-corrected chi connectivity index (χ0v) is 12.5. The first-order valence-corrected chi connectivity index (χ1v) is 6.79. The number of rotatable bonds is 4. The molecule has 114 valence electrons. The van der Waals surface area contributed by atoms with E-state index in [0.717, 1.165) is 11.3 Å². The number of hydrogen-bond acceptors (Lipinski definition) is 2. The largest absolute Gasteiger partial charge is 0.497 e. The van der Waals surface area contributed by atoms with Gasteiger partial charge in [0.25, 0.3) is 0 Å². The molecule has 2 aromatic carbocycles. The molecule has 22 heavy (non-hydrogen) atoms. The molecular formula is C16H14ClFN2O2. The molecular weight excluding hydrogens is 307 g/mol. The van der Waals surface area contributed by atoms with E-state index in [1.807, 2.05) is 24.3 Å². The number of carbonyl (C=O) groups excluding carboxylic acids is 1. The molecule has 0 aliphatic heterocycles. The van der Waals surface area contributed by atoms with Crippen LogP contribution < -0.4 is 15.4 Å². The smallest absolute Gasteiger partial charge is 0.323 e. The van der Waals surface area contributed by atoms with Gasteiger partial charge in [0, 0.05) is 11.9 Å². The summed E-state index contributed by atoms with van der Waals surface area (Å²) in [7, 11) is 1.60. The van der Waals surface area contributed by atoms with Crippen LogP contribution in [0.3, 0.4) is 0 Å². The zero-order valence-electron chi connectivity index (χ0n) is 11.8. The average Bonchev–Trinajstić information content (AvgIpc) is 2.51. The van der Waals surface area contributed by atoms with Crippen LogP contribution >= 0.6 is 11.6 Å². The molecule has 4 nitrogen and oxygen atoms in total. The van der Waals surface area contributed by atoms with Crippen molar-refractivity contribution in [2.24, 2.45) is 0 Å². The predicted molar refractivity (Wildman–Crippen MR) is 85.6 cm³/mol. The summed E-state index contributed by atoms with van der Waals surface area (Å²) in [6.07, 6.45) is 3.24. The molecule has 2 amide bonds. The van der Waals surface area contributed by atoms with E-state index in [2.05, 4.69) is 10.6 Å². The topological polar surface area (TPSA) is 50.4 Å². The first kappa shape index (κ1) is 15.9. The minimum atomic E-state index is -0.535. The number of anilines is 1. The molecule has 0 unspecified atom stereocenters. The lowest BCUT2D eigenvalue weighted by Crippen LogP contribution is -2.23. The Kier molecular flexibility index (Phi) is 5.38. The second kappa shape index (κ2) is 7.47. The van der Waals surface area contributed by atoms with Crippen molar-refractivity contribution in [1.29, 1.82) is 0 Å². The quantitative estimate of drug-likeness (QED) is 0.883. The highest BCUT2D eigenvalue weighted by molar-refractivity contribution is 6.31. The van der Waals surface area contributed by atoms with Crippen LogP contribution in [0.5, 0.6) is 5.75 Å². The van der Waals surface area contributed by atoms with Crippen molar-refractivity contribution < 1.29 is 13.9 Å². The van der Waals surface area contributed by atoms with Gasteiger partial charge < -0.3 is 15.4 Å². The molecule has 0 saturated heterocycles. The van der Waals surface area contributed by atoms with Crippen molar-refractivity contribution in [2.45, 2.75) is 0 Å². The third-order valence-electron chi connectivity index (χ3n) is 2.78. The fourth-order valence-corrected chi connectivity index (χ4v) is 1.85. The van der Waals surface area contributed by atoms with Crippen molar-refractivity contribution in [3.63, 3.8) is 0 Å². The molecule has 6 heteroatoms. The van der Waals surface area contributed by atoms with E-state index >= 15 is 0 Å². The molecule has 2 N–H and O–H groups in total. The number of carbonyl (C=O) groups is 1. The van der Waals surface area contributed by atoms with Crippen LogP contribution in [0.4, 0.5) is 14.9 Å². The molecule has 2 rings (SSSR count). The van der Waals surface area contributed by atoms with Crippen molar-refractivity contribution in [2.75, 3.05) is 12.4 Å². The summed E-state index contributed by atoms with van der Waals surface area (Å²) in [5.41, 5.74) is 1.31. The third kappa shape index (κ3) is 4.49. The lowest BCUT2D eigenvalue weighted by atomic mass is 10.2. The van der Waals surface area contributed by atoms with E-state index < -0.39 is 11.8 Å². The van der Waals surface area contributed by atoms with Gasteiger partial charge in [-0.1, -0.05) is 23.7 Å². The number of nitrogens with one attached hydrogen (secondary N) is 2. The number of methoxy groups -OCH3 is 1. The lowest BCUT2D eigenvalue weighted by Gasteiger charge is -2.05. The first-order chi connectivity index (χ1) is 10.6. The van der Waals surface area contributed by atoms with Gasteiger partial charge in [-0.3, -0.25) is 0 Å². The van der Waals surface area contributed by atoms with Crippen LogP contribution in [-0.2, 0) is 0 Å². The minimum Gasteiger partial charge on any atom is -0.497 e. The van der Waals surface area contributed by atoms with E-state index in [1.165, 1.54) is 24.4 Å². The molecule has 0 aromatic heterocycles. The van der Waals surface area contributed by atoms with Gasteiger partial charge in [-0.15, -0.1) is 0 Å². The average molecular weight is 321 g/mol. The Labute approximate surface area is 132 Å². The van der Waals surface area contributed by atoms with E-state index in [1.54, 1.807) is 13.2 Å². The van der Waals surface area contributed by atoms with Crippen molar-refractivity contribution >= 4 is 29.4 Å². The Morgan fingerprint density at radius 3 is 2.59 bits per heavy atom. The number of amides is 2. The Morgan fingerprint density at radius 2 is 1.95 bits per heavy atom. The van der Waals surface area contributed by atoms with Gasteiger partial charge in [0.05, 0.1) is 12.1 Å². The predicted octanol–water partition coefficient (Wildman–Crippen LogP) is 4.28. The third-order valence-corrected chi connectivity index (χ3v) is 3.07. The molecule has 2 aromatic rings. The fourth-order valence-electron chi connectivity index (χ4n) is 1.67. The van der Waals surface area contributed by atoms with Crippen LogP contribution in [0.1, 0.15) is 5.56 Å². The Bertz CT molecular complexity index is 687. The Morgan fingerprint density at radius 1 is 1.23 bits per heavy atom. The molecule has 0 atom stereocenters. The molecule has 0 fully saturated rings. The Balaban J connectivity index is 1.88. The summed E-state index contributed by atoms with van der Waals surface area (Å²) in [5.74, 6) is 0.225. The van der Waals surface area contributed by atoms with Gasteiger partial charge in [-0.05, 0) is 42.0 Å². The highest BCUT2D eigenvalue weighted by Crippen LogP contribution is 2.19. The molecule has 0 heterocycles. The second-order valence-electron chi connectivity index (χ2n) is 4.33. The maximum absolute atomic E-state index is 13.0. The summed E-state index contributed by atoms with van der Waals surface area (Å²) in [6, 6.07) is 10.8. The van der Waals surface area contributed by atoms with E-state index in [-0.39, 0.29) is 5.02 Å². The molecule has 0 radical (unpaired) electrons. The number of urea groups is 1. The van der Waals surface area contributed by atoms with Crippen LogP contribution in [0.25, 0.3) is 6.08 Å². The second-order valence-corrected chi connectivity index (χ2v) is 4.74. The maximum Gasteiger partial charge on any atom is 0.323 e. The van der Waals surface area contributed by atoms with Gasteiger partial charge >= 0.3 is 6.03 Å². The van der Waals surface area contributed by atoms with Crippen molar-refractivity contribution in [3.8, 4) is 5.75 Å². The number of hydrogen-bond donors (Lipinski definition) is 2. The van der Waals surface area contributed by atoms with E-state index in [4.69, 9.17) is 16.3 Å². The monoisotopic (exact) mass is 320 g/mol. The first-order valence-electron chi connectivity index (χ1n) is 6.41. The summed E-state index contributed by atoms with van der Waals surface area (Å²) in [6.45, 7) is 0. The van der Waals surface area contributed by atoms with Gasteiger partial charge in [0.2, 0.25) is 0 Å². The summed E-state index contributed by atoms with van der Waals surface area (Å²) in [5, 5.41) is 5.04. The standard InChI is InChI=1S/C16H14ClFN2O2/c1-22-13-5-2-11(3-6-13)8-9-19-16(21)20-12-4-7-15(18)14(17)10-12/h2-10H,1H3,(H2,19,20,21)/b9-8+. The van der Waals surface area contributed by atoms with Gasteiger partial charge in [0.15, 0.2) is 0 Å². The normalized spacial score (nSPS) is 10.5. The van der Waals surface area contributed by atoms with Crippen LogP contribution in [-0.4, -0.2) is 13.1 Å². The molecule has 0 aliphatic rings. The molecule has 0 aliphatic carbocycles. The highest BCUT2D eigenvalue weighted by atomic mass is 35.5. The van der Waals surface area contributed by atoms with Crippen LogP contribution in [0, 0.1) is 5.82 Å². The fraction of sp³-hybridized carbons (Fsp3) is 0.0625. The summed E-state index contributed by atoms with van der Waals surface area (Å²) in [4.78, 5) is 11.7. The van der Waals surface area contributed by atoms with Crippen molar-refractivity contribution in [1.82, 2.24) is 5.32 Å². The van der Waals surface area contributed by atoms with E-state index in [9.17, 15) is 9.18 Å². The molecule has 0 saturated carbocycles. The van der Waals surface area contributed by atoms with Crippen LogP contribution in [0.2, 0.25) is 5.02 Å². The minimum absolute atomic E-state index is 0.0495. The number of ether oxygens (including phenoxy) is 1. The van der Waals surface area contributed by atoms with Gasteiger partial charge in [-0.25, -0.2) is 9.18 Å². The molecule has 0 spiro atoms. The number of halogens is 2. The lowest BCUT2D eigenvalue weighted by molar-refractivity contribution is 0.255. The maximum atomic E-state index is 13.0. The van der Waals surface area contributed by atoms with Gasteiger partial charge in [0.1, 0.15) is 11.6 Å². The van der Waals surface area contributed by atoms with Crippen LogP contribution in [0.15, 0.2) is 48.7 Å². The zero-order chi connectivity index (χ0) is 15.9. The Hall–Kier alpha value is -2.53. The molecule has 0 bridgehead atoms. The van der Waals surface area contributed by atoms with Crippen molar-refractivity contribution in [3.05, 3.63) is 65.1 Å². The summed E-state index contributed by atoms with van der Waals surface area (Å²) >= 11 is 5.64. The number of benzene rings is 2. The summed E-state index contributed by atoms with van der Waals surface area (Å²) < 4.78 is 18.1.